The van der Waals surface area contributed by atoms with E-state index in [-0.39, 0.29) is 18.4 Å². The molecule has 0 atom stereocenters. The number of nitrogens with one attached hydrogen (secondary N) is 3. The van der Waals surface area contributed by atoms with Crippen LogP contribution in [0.2, 0.25) is 10.0 Å². The van der Waals surface area contributed by atoms with Crippen molar-refractivity contribution in [2.24, 2.45) is 0 Å². The highest BCUT2D eigenvalue weighted by Gasteiger charge is 2.07. The molecule has 142 valence electrons. The van der Waals surface area contributed by atoms with E-state index >= 15 is 0 Å². The lowest BCUT2D eigenvalue weighted by Crippen LogP contribution is -2.21. The van der Waals surface area contributed by atoms with E-state index in [1.54, 1.807) is 60.7 Å². The van der Waals surface area contributed by atoms with Gasteiger partial charge in [-0.25, -0.2) is 0 Å². The third kappa shape index (κ3) is 5.74. The Kier molecular flexibility index (Phi) is 6.53. The average molecular weight is 414 g/mol. The van der Waals surface area contributed by atoms with E-state index in [0.717, 1.165) is 0 Å². The maximum absolute atomic E-state index is 12.2. The summed E-state index contributed by atoms with van der Waals surface area (Å²) in [4.78, 5) is 24.4. The quantitative estimate of drug-likeness (QED) is 0.513. The zero-order valence-electron chi connectivity index (χ0n) is 14.7. The first-order valence-electron chi connectivity index (χ1n) is 8.46. The first-order chi connectivity index (χ1) is 13.5. The molecule has 0 saturated heterocycles. The molecule has 3 N–H and O–H groups in total. The summed E-state index contributed by atoms with van der Waals surface area (Å²) in [6.45, 7) is 0.0419. The van der Waals surface area contributed by atoms with Gasteiger partial charge in [-0.1, -0.05) is 47.5 Å². The molecule has 2 amide bonds. The highest BCUT2D eigenvalue weighted by atomic mass is 35.5. The number of carbonyl (C=O) groups excluding carboxylic acids is 2. The highest BCUT2D eigenvalue weighted by Crippen LogP contribution is 2.22. The normalized spacial score (nSPS) is 10.2. The SMILES string of the molecule is O=C(CNc1cccc(NC(=O)c2ccccc2)c1)Nc1cc(Cl)cc(Cl)c1. The van der Waals surface area contributed by atoms with Gasteiger partial charge in [0, 0.05) is 32.7 Å². The lowest BCUT2D eigenvalue weighted by Gasteiger charge is -2.10. The van der Waals surface area contributed by atoms with Crippen LogP contribution in [-0.2, 0) is 4.79 Å². The van der Waals surface area contributed by atoms with Crippen molar-refractivity contribution in [2.75, 3.05) is 22.5 Å². The summed E-state index contributed by atoms with van der Waals surface area (Å²) >= 11 is 11.8. The smallest absolute Gasteiger partial charge is 0.255 e. The van der Waals surface area contributed by atoms with Gasteiger partial charge in [-0.3, -0.25) is 9.59 Å². The first-order valence-corrected chi connectivity index (χ1v) is 9.21. The van der Waals surface area contributed by atoms with Crippen molar-refractivity contribution in [3.05, 3.63) is 88.4 Å². The van der Waals surface area contributed by atoms with Crippen LogP contribution in [0.1, 0.15) is 10.4 Å². The summed E-state index contributed by atoms with van der Waals surface area (Å²) in [5.41, 5.74) is 2.42. The van der Waals surface area contributed by atoms with Crippen LogP contribution in [0.25, 0.3) is 0 Å². The molecule has 0 aliphatic carbocycles. The van der Waals surface area contributed by atoms with Crippen molar-refractivity contribution < 1.29 is 9.59 Å². The number of amides is 2. The zero-order valence-corrected chi connectivity index (χ0v) is 16.2. The van der Waals surface area contributed by atoms with Gasteiger partial charge in [0.1, 0.15) is 0 Å². The molecule has 5 nitrogen and oxygen atoms in total. The van der Waals surface area contributed by atoms with Crippen LogP contribution in [0.5, 0.6) is 0 Å². The Bertz CT molecular complexity index is 974. The van der Waals surface area contributed by atoms with E-state index in [9.17, 15) is 9.59 Å². The van der Waals surface area contributed by atoms with Crippen molar-refractivity contribution in [1.82, 2.24) is 0 Å². The maximum atomic E-state index is 12.2. The molecule has 0 fully saturated rings. The van der Waals surface area contributed by atoms with Crippen molar-refractivity contribution in [1.29, 1.82) is 0 Å². The monoisotopic (exact) mass is 413 g/mol. The number of anilines is 3. The van der Waals surface area contributed by atoms with Crippen LogP contribution in [-0.4, -0.2) is 18.4 Å². The Morgan fingerprint density at radius 2 is 1.39 bits per heavy atom. The van der Waals surface area contributed by atoms with Crippen molar-refractivity contribution in [3.8, 4) is 0 Å². The lowest BCUT2D eigenvalue weighted by atomic mass is 10.2. The van der Waals surface area contributed by atoms with Crippen molar-refractivity contribution >= 4 is 52.1 Å². The van der Waals surface area contributed by atoms with Crippen LogP contribution in [0.4, 0.5) is 17.1 Å². The fourth-order valence-electron chi connectivity index (χ4n) is 2.51. The van der Waals surface area contributed by atoms with Gasteiger partial charge >= 0.3 is 0 Å². The summed E-state index contributed by atoms with van der Waals surface area (Å²) < 4.78 is 0. The van der Waals surface area contributed by atoms with E-state index in [1.165, 1.54) is 0 Å². The molecule has 0 saturated carbocycles. The van der Waals surface area contributed by atoms with Crippen molar-refractivity contribution in [2.45, 2.75) is 0 Å². The molecule has 0 radical (unpaired) electrons. The molecule has 0 bridgehead atoms. The molecule has 3 aromatic rings. The van der Waals surface area contributed by atoms with Gasteiger partial charge in [0.25, 0.3) is 5.91 Å². The molecule has 28 heavy (non-hydrogen) atoms. The Balaban J connectivity index is 1.57. The van der Waals surface area contributed by atoms with Crippen LogP contribution in [0, 0.1) is 0 Å². The lowest BCUT2D eigenvalue weighted by molar-refractivity contribution is -0.114. The van der Waals surface area contributed by atoms with Crippen LogP contribution < -0.4 is 16.0 Å². The molecule has 0 heterocycles. The number of benzene rings is 3. The van der Waals surface area contributed by atoms with Gasteiger partial charge in [0.15, 0.2) is 0 Å². The second-order valence-corrected chi connectivity index (χ2v) is 6.83. The Morgan fingerprint density at radius 1 is 0.714 bits per heavy atom. The second-order valence-electron chi connectivity index (χ2n) is 5.96. The molecule has 7 heteroatoms. The Hall–Kier alpha value is -3.02. The summed E-state index contributed by atoms with van der Waals surface area (Å²) in [5.74, 6) is -0.453. The number of rotatable bonds is 6. The third-order valence-electron chi connectivity index (χ3n) is 3.76. The molecule has 0 unspecified atom stereocenters. The van der Waals surface area contributed by atoms with Gasteiger partial charge < -0.3 is 16.0 Å². The van der Waals surface area contributed by atoms with Gasteiger partial charge in [-0.2, -0.15) is 0 Å². The van der Waals surface area contributed by atoms with Gasteiger partial charge in [0.05, 0.1) is 6.54 Å². The predicted octanol–water partition coefficient (Wildman–Crippen LogP) is 5.30. The minimum atomic E-state index is -0.253. The number of carbonyl (C=O) groups is 2. The molecule has 0 aliphatic heterocycles. The Labute approximate surface area is 172 Å². The summed E-state index contributed by atoms with van der Waals surface area (Å²) in [6, 6.07) is 20.9. The van der Waals surface area contributed by atoms with Gasteiger partial charge in [0.2, 0.25) is 5.91 Å². The van der Waals surface area contributed by atoms with E-state index in [4.69, 9.17) is 23.2 Å². The van der Waals surface area contributed by atoms with Crippen molar-refractivity contribution in [3.63, 3.8) is 0 Å². The van der Waals surface area contributed by atoms with E-state index < -0.39 is 0 Å². The van der Waals surface area contributed by atoms with E-state index in [1.807, 2.05) is 12.1 Å². The molecule has 0 spiro atoms. The fraction of sp³-hybridized carbons (Fsp3) is 0.0476. The Morgan fingerprint density at radius 3 is 2.11 bits per heavy atom. The number of hydrogen-bond acceptors (Lipinski definition) is 3. The average Bonchev–Trinajstić information content (AvgIpc) is 2.66. The largest absolute Gasteiger partial charge is 0.376 e. The molecular weight excluding hydrogens is 397 g/mol. The standard InChI is InChI=1S/C21H17Cl2N3O2/c22-15-9-16(23)11-19(10-15)25-20(27)13-24-17-7-4-8-18(12-17)26-21(28)14-5-2-1-3-6-14/h1-12,24H,13H2,(H,25,27)(H,26,28). The van der Waals surface area contributed by atoms with E-state index in [0.29, 0.717) is 32.7 Å². The topological polar surface area (TPSA) is 70.2 Å². The number of halogens is 2. The minimum Gasteiger partial charge on any atom is -0.376 e. The number of hydrogen-bond donors (Lipinski definition) is 3. The molecule has 0 aliphatic rings. The molecule has 0 aromatic heterocycles. The third-order valence-corrected chi connectivity index (χ3v) is 4.19. The maximum Gasteiger partial charge on any atom is 0.255 e. The fourth-order valence-corrected chi connectivity index (χ4v) is 3.04. The molecular formula is C21H17Cl2N3O2. The van der Waals surface area contributed by atoms with Gasteiger partial charge in [-0.05, 0) is 48.5 Å². The zero-order chi connectivity index (χ0) is 19.9. The predicted molar refractivity (Wildman–Crippen MR) is 114 cm³/mol. The van der Waals surface area contributed by atoms with E-state index in [2.05, 4.69) is 16.0 Å². The highest BCUT2D eigenvalue weighted by molar-refractivity contribution is 6.35. The summed E-state index contributed by atoms with van der Waals surface area (Å²) in [6.07, 6.45) is 0. The van der Waals surface area contributed by atoms with Crippen LogP contribution in [0.15, 0.2) is 72.8 Å². The van der Waals surface area contributed by atoms with Crippen LogP contribution >= 0.6 is 23.2 Å². The van der Waals surface area contributed by atoms with Crippen LogP contribution in [0.3, 0.4) is 0 Å². The summed E-state index contributed by atoms with van der Waals surface area (Å²) in [5, 5.41) is 9.45. The summed E-state index contributed by atoms with van der Waals surface area (Å²) in [7, 11) is 0. The first kappa shape index (κ1) is 19.7. The molecule has 3 rings (SSSR count). The second kappa shape index (κ2) is 9.26. The van der Waals surface area contributed by atoms with Gasteiger partial charge in [-0.15, -0.1) is 0 Å². The molecule has 3 aromatic carbocycles. The minimum absolute atomic E-state index is 0.0419.